The largest absolute Gasteiger partial charge is 0.352 e. The highest BCUT2D eigenvalue weighted by Gasteiger charge is 2.29. The van der Waals surface area contributed by atoms with Crippen molar-refractivity contribution in [3.8, 4) is 0 Å². The maximum atomic E-state index is 11.7. The Bertz CT molecular complexity index is 483. The molecule has 0 bridgehead atoms. The molecule has 0 aliphatic heterocycles. The molecule has 2 rings (SSSR count). The molecule has 0 aromatic heterocycles. The molecule has 0 unspecified atom stereocenters. The summed E-state index contributed by atoms with van der Waals surface area (Å²) >= 11 is 3.39. The molecule has 1 saturated carbocycles. The van der Waals surface area contributed by atoms with Gasteiger partial charge < -0.3 is 10.6 Å². The lowest BCUT2D eigenvalue weighted by Gasteiger charge is -2.14. The van der Waals surface area contributed by atoms with Crippen LogP contribution in [0.4, 0.5) is 0 Å². The van der Waals surface area contributed by atoms with Crippen molar-refractivity contribution in [2.24, 2.45) is 5.92 Å². The maximum Gasteiger partial charge on any atom is 0.239 e. The van der Waals surface area contributed by atoms with Crippen molar-refractivity contribution < 1.29 is 9.59 Å². The van der Waals surface area contributed by atoms with Gasteiger partial charge in [-0.25, -0.2) is 0 Å². The van der Waals surface area contributed by atoms with E-state index >= 15 is 0 Å². The van der Waals surface area contributed by atoms with Gasteiger partial charge in [0.05, 0.1) is 6.54 Å². The molecule has 1 aromatic carbocycles. The summed E-state index contributed by atoms with van der Waals surface area (Å²) in [6, 6.07) is 8.07. The number of hydrogen-bond donors (Lipinski definition) is 2. The first-order valence-electron chi connectivity index (χ1n) is 6.86. The third kappa shape index (κ3) is 4.96. The van der Waals surface area contributed by atoms with E-state index in [1.165, 1.54) is 5.56 Å². The van der Waals surface area contributed by atoms with Gasteiger partial charge in [-0.05, 0) is 43.9 Å². The fraction of sp³-hybridized carbons (Fsp3) is 0.467. The molecule has 2 N–H and O–H groups in total. The molecule has 0 saturated heterocycles. The SMILES string of the molecule is C[C@H](Cc1ccc(Br)cc1)NC(=O)CNC(=O)C1CC1. The number of hydrogen-bond acceptors (Lipinski definition) is 2. The molecule has 4 nitrogen and oxygen atoms in total. The van der Waals surface area contributed by atoms with Gasteiger partial charge in [0.15, 0.2) is 0 Å². The zero-order valence-corrected chi connectivity index (χ0v) is 13.1. The van der Waals surface area contributed by atoms with Crippen LogP contribution in [0.15, 0.2) is 28.7 Å². The fourth-order valence-corrected chi connectivity index (χ4v) is 2.27. The Labute approximate surface area is 127 Å². The number of carbonyl (C=O) groups is 2. The van der Waals surface area contributed by atoms with E-state index < -0.39 is 0 Å². The number of rotatable bonds is 6. The van der Waals surface area contributed by atoms with Crippen molar-refractivity contribution in [3.63, 3.8) is 0 Å². The van der Waals surface area contributed by atoms with Crippen molar-refractivity contribution in [2.45, 2.75) is 32.2 Å². The van der Waals surface area contributed by atoms with Crippen LogP contribution in [0.2, 0.25) is 0 Å². The molecule has 0 heterocycles. The molecule has 5 heteroatoms. The van der Waals surface area contributed by atoms with Crippen LogP contribution < -0.4 is 10.6 Å². The average molecular weight is 339 g/mol. The maximum absolute atomic E-state index is 11.7. The second-order valence-corrected chi connectivity index (χ2v) is 6.21. The normalized spacial score (nSPS) is 15.5. The smallest absolute Gasteiger partial charge is 0.239 e. The lowest BCUT2D eigenvalue weighted by molar-refractivity contribution is -0.127. The highest BCUT2D eigenvalue weighted by molar-refractivity contribution is 9.10. The molecule has 1 fully saturated rings. The van der Waals surface area contributed by atoms with E-state index in [9.17, 15) is 9.59 Å². The standard InChI is InChI=1S/C15H19BrN2O2/c1-10(8-11-2-6-13(16)7-3-11)18-14(19)9-17-15(20)12-4-5-12/h2-3,6-7,10,12H,4-5,8-9H2,1H3,(H,17,20)(H,18,19)/t10-/m1/s1. The van der Waals surface area contributed by atoms with Crippen LogP contribution >= 0.6 is 15.9 Å². The topological polar surface area (TPSA) is 58.2 Å². The summed E-state index contributed by atoms with van der Waals surface area (Å²) < 4.78 is 1.04. The Morgan fingerprint density at radius 1 is 1.30 bits per heavy atom. The second kappa shape index (κ2) is 6.88. The molecule has 1 atom stereocenters. The zero-order chi connectivity index (χ0) is 14.5. The van der Waals surface area contributed by atoms with Gasteiger partial charge in [-0.3, -0.25) is 9.59 Å². The summed E-state index contributed by atoms with van der Waals surface area (Å²) in [6.45, 7) is 2.03. The molecule has 108 valence electrons. The predicted molar refractivity (Wildman–Crippen MR) is 81.2 cm³/mol. The highest BCUT2D eigenvalue weighted by Crippen LogP contribution is 2.28. The van der Waals surface area contributed by atoms with Crippen LogP contribution in [0.5, 0.6) is 0 Å². The molecule has 20 heavy (non-hydrogen) atoms. The second-order valence-electron chi connectivity index (χ2n) is 5.29. The molecule has 0 spiro atoms. The van der Waals surface area contributed by atoms with Gasteiger partial charge in [-0.15, -0.1) is 0 Å². The molecular formula is C15H19BrN2O2. The van der Waals surface area contributed by atoms with Gasteiger partial charge in [0.1, 0.15) is 0 Å². The third-order valence-electron chi connectivity index (χ3n) is 3.23. The van der Waals surface area contributed by atoms with Gasteiger partial charge in [0, 0.05) is 16.4 Å². The Balaban J connectivity index is 1.70. The lowest BCUT2D eigenvalue weighted by atomic mass is 10.1. The van der Waals surface area contributed by atoms with Crippen LogP contribution in [0.3, 0.4) is 0 Å². The Hall–Kier alpha value is -1.36. The minimum Gasteiger partial charge on any atom is -0.352 e. The monoisotopic (exact) mass is 338 g/mol. The quantitative estimate of drug-likeness (QED) is 0.833. The first kappa shape index (κ1) is 15.0. The summed E-state index contributed by atoms with van der Waals surface area (Å²) in [6.07, 6.45) is 2.68. The summed E-state index contributed by atoms with van der Waals surface area (Å²) in [7, 11) is 0. The lowest BCUT2D eigenvalue weighted by Crippen LogP contribution is -2.42. The number of halogens is 1. The highest BCUT2D eigenvalue weighted by atomic mass is 79.9. The molecule has 1 aliphatic rings. The average Bonchev–Trinajstić information content (AvgIpc) is 3.23. The summed E-state index contributed by atoms with van der Waals surface area (Å²) in [4.78, 5) is 23.1. The van der Waals surface area contributed by atoms with Crippen LogP contribution in [0.1, 0.15) is 25.3 Å². The van der Waals surface area contributed by atoms with Crippen molar-refractivity contribution in [1.82, 2.24) is 10.6 Å². The summed E-state index contributed by atoms with van der Waals surface area (Å²) in [5.41, 5.74) is 1.17. The Morgan fingerprint density at radius 2 is 1.95 bits per heavy atom. The number of carbonyl (C=O) groups excluding carboxylic acids is 2. The summed E-state index contributed by atoms with van der Waals surface area (Å²) in [5.74, 6) is 0.00677. The molecule has 1 aromatic rings. The van der Waals surface area contributed by atoms with E-state index in [4.69, 9.17) is 0 Å². The fourth-order valence-electron chi connectivity index (χ4n) is 2.01. The van der Waals surface area contributed by atoms with Crippen molar-refractivity contribution in [1.29, 1.82) is 0 Å². The van der Waals surface area contributed by atoms with Crippen LogP contribution in [0.25, 0.3) is 0 Å². The number of amides is 2. The van der Waals surface area contributed by atoms with Gasteiger partial charge in [-0.2, -0.15) is 0 Å². The van der Waals surface area contributed by atoms with Crippen LogP contribution in [-0.4, -0.2) is 24.4 Å². The number of benzene rings is 1. The van der Waals surface area contributed by atoms with Gasteiger partial charge in [0.2, 0.25) is 11.8 Å². The van der Waals surface area contributed by atoms with E-state index in [-0.39, 0.29) is 30.3 Å². The molecular weight excluding hydrogens is 320 g/mol. The van der Waals surface area contributed by atoms with E-state index in [2.05, 4.69) is 26.6 Å². The van der Waals surface area contributed by atoms with Crippen LogP contribution in [0, 0.1) is 5.92 Å². The van der Waals surface area contributed by atoms with Crippen LogP contribution in [-0.2, 0) is 16.0 Å². The van der Waals surface area contributed by atoms with Gasteiger partial charge >= 0.3 is 0 Å². The van der Waals surface area contributed by atoms with E-state index in [0.717, 1.165) is 23.7 Å². The van der Waals surface area contributed by atoms with Crippen molar-refractivity contribution in [3.05, 3.63) is 34.3 Å². The Kier molecular flexibility index (Phi) is 5.17. The molecule has 0 radical (unpaired) electrons. The zero-order valence-electron chi connectivity index (χ0n) is 11.5. The van der Waals surface area contributed by atoms with Gasteiger partial charge in [-0.1, -0.05) is 28.1 Å². The van der Waals surface area contributed by atoms with E-state index in [1.807, 2.05) is 31.2 Å². The van der Waals surface area contributed by atoms with E-state index in [1.54, 1.807) is 0 Å². The first-order valence-corrected chi connectivity index (χ1v) is 7.65. The number of nitrogens with one attached hydrogen (secondary N) is 2. The Morgan fingerprint density at radius 3 is 2.55 bits per heavy atom. The first-order chi connectivity index (χ1) is 9.54. The van der Waals surface area contributed by atoms with Crippen molar-refractivity contribution in [2.75, 3.05) is 6.54 Å². The third-order valence-corrected chi connectivity index (χ3v) is 3.76. The van der Waals surface area contributed by atoms with E-state index in [0.29, 0.717) is 0 Å². The van der Waals surface area contributed by atoms with Crippen molar-refractivity contribution >= 4 is 27.7 Å². The van der Waals surface area contributed by atoms with Gasteiger partial charge in [0.25, 0.3) is 0 Å². The predicted octanol–water partition coefficient (Wildman–Crippen LogP) is 2.02. The molecule has 2 amide bonds. The molecule has 1 aliphatic carbocycles. The summed E-state index contributed by atoms with van der Waals surface area (Å²) in [5, 5.41) is 5.56. The minimum absolute atomic E-state index is 0.000660. The minimum atomic E-state index is -0.136.